The van der Waals surface area contributed by atoms with Crippen LogP contribution >= 0.6 is 11.6 Å². The molecule has 0 spiro atoms. The average Bonchev–Trinajstić information content (AvgIpc) is 3.15. The number of likely N-dealkylation sites (tertiary alicyclic amines) is 1. The number of hydrogen-bond acceptors (Lipinski definition) is 3. The minimum Gasteiger partial charge on any atom is -0.303 e. The topological polar surface area (TPSA) is 38.4 Å². The lowest BCUT2D eigenvalue weighted by Crippen LogP contribution is -2.34. The molecule has 120 valence electrons. The zero-order valence-electron chi connectivity index (χ0n) is 13.2. The van der Waals surface area contributed by atoms with Gasteiger partial charge in [0.05, 0.1) is 29.2 Å². The van der Waals surface area contributed by atoms with Gasteiger partial charge in [0, 0.05) is 32.0 Å². The first kappa shape index (κ1) is 14.7. The third-order valence-corrected chi connectivity index (χ3v) is 4.81. The zero-order valence-corrected chi connectivity index (χ0v) is 13.9. The van der Waals surface area contributed by atoms with Crippen LogP contribution in [0.3, 0.4) is 0 Å². The average molecular weight is 330 g/mol. The molecule has 0 atom stereocenters. The molecular weight excluding hydrogens is 310 g/mol. The lowest BCUT2D eigenvalue weighted by atomic mass is 10.1. The van der Waals surface area contributed by atoms with Crippen LogP contribution in [-0.4, -0.2) is 37.2 Å². The van der Waals surface area contributed by atoms with Gasteiger partial charge in [0.25, 0.3) is 0 Å². The maximum Gasteiger partial charge on any atom is 0.136 e. The molecular formula is C17H20ClN5. The summed E-state index contributed by atoms with van der Waals surface area (Å²) in [7, 11) is 0. The van der Waals surface area contributed by atoms with Gasteiger partial charge in [-0.05, 0) is 31.4 Å². The Hall–Kier alpha value is -1.85. The molecule has 0 amide bonds. The van der Waals surface area contributed by atoms with Gasteiger partial charge in [-0.2, -0.15) is 5.10 Å². The van der Waals surface area contributed by atoms with Crippen molar-refractivity contribution in [2.45, 2.75) is 32.4 Å². The smallest absolute Gasteiger partial charge is 0.136 e. The Balaban J connectivity index is 1.43. The summed E-state index contributed by atoms with van der Waals surface area (Å²) in [5.41, 5.74) is 3.53. The van der Waals surface area contributed by atoms with Crippen LogP contribution in [0, 0.1) is 6.92 Å². The molecule has 3 aromatic heterocycles. The monoisotopic (exact) mass is 329 g/mol. The molecule has 0 aliphatic carbocycles. The largest absolute Gasteiger partial charge is 0.303 e. The number of imidazole rings is 1. The van der Waals surface area contributed by atoms with Gasteiger partial charge >= 0.3 is 0 Å². The molecule has 1 aliphatic rings. The second-order valence-corrected chi connectivity index (χ2v) is 6.77. The van der Waals surface area contributed by atoms with E-state index in [1.807, 2.05) is 17.1 Å². The van der Waals surface area contributed by atoms with Gasteiger partial charge in [0.15, 0.2) is 0 Å². The lowest BCUT2D eigenvalue weighted by molar-refractivity contribution is 0.171. The molecule has 0 aromatic carbocycles. The van der Waals surface area contributed by atoms with Crippen LogP contribution in [0.2, 0.25) is 5.02 Å². The molecule has 0 radical (unpaired) electrons. The molecule has 4 heterocycles. The fourth-order valence-electron chi connectivity index (χ4n) is 3.34. The summed E-state index contributed by atoms with van der Waals surface area (Å²) in [6, 6.07) is 4.64. The van der Waals surface area contributed by atoms with Gasteiger partial charge in [0.2, 0.25) is 0 Å². The van der Waals surface area contributed by atoms with Crippen molar-refractivity contribution in [2.75, 3.05) is 13.1 Å². The predicted octanol–water partition coefficient (Wildman–Crippen LogP) is 3.33. The first-order chi connectivity index (χ1) is 11.2. The number of halogens is 1. The minimum atomic E-state index is 0.461. The molecule has 4 rings (SSSR count). The highest BCUT2D eigenvalue weighted by Crippen LogP contribution is 2.24. The Bertz CT molecular complexity index is 813. The number of rotatable bonds is 3. The van der Waals surface area contributed by atoms with E-state index in [0.717, 1.165) is 38.1 Å². The number of pyridine rings is 1. The lowest BCUT2D eigenvalue weighted by Gasteiger charge is -2.31. The van der Waals surface area contributed by atoms with Gasteiger partial charge in [0.1, 0.15) is 5.65 Å². The summed E-state index contributed by atoms with van der Waals surface area (Å²) in [5, 5.41) is 5.06. The number of aromatic nitrogens is 4. The van der Waals surface area contributed by atoms with Crippen molar-refractivity contribution in [1.29, 1.82) is 0 Å². The maximum absolute atomic E-state index is 5.97. The van der Waals surface area contributed by atoms with Gasteiger partial charge < -0.3 is 4.40 Å². The highest BCUT2D eigenvalue weighted by atomic mass is 35.5. The van der Waals surface area contributed by atoms with Crippen LogP contribution in [0.25, 0.3) is 5.65 Å². The molecule has 6 heteroatoms. The second-order valence-electron chi connectivity index (χ2n) is 6.33. The van der Waals surface area contributed by atoms with Crippen molar-refractivity contribution < 1.29 is 0 Å². The van der Waals surface area contributed by atoms with E-state index in [4.69, 9.17) is 11.6 Å². The maximum atomic E-state index is 5.97. The van der Waals surface area contributed by atoms with Crippen molar-refractivity contribution in [3.8, 4) is 0 Å². The van der Waals surface area contributed by atoms with E-state index in [-0.39, 0.29) is 0 Å². The molecule has 5 nitrogen and oxygen atoms in total. The summed E-state index contributed by atoms with van der Waals surface area (Å²) in [6.45, 7) is 5.20. The number of hydrogen-bond donors (Lipinski definition) is 0. The second kappa shape index (κ2) is 5.98. The SMILES string of the molecule is Cc1ccc2ncc(CN3CCC(n4cc(Cl)cn4)CC3)n2c1. The summed E-state index contributed by atoms with van der Waals surface area (Å²) in [6.07, 6.45) is 10.0. The van der Waals surface area contributed by atoms with E-state index >= 15 is 0 Å². The van der Waals surface area contributed by atoms with Crippen molar-refractivity contribution in [3.05, 3.63) is 53.2 Å². The van der Waals surface area contributed by atoms with Crippen LogP contribution < -0.4 is 0 Å². The number of aryl methyl sites for hydroxylation is 1. The van der Waals surface area contributed by atoms with Crippen molar-refractivity contribution >= 4 is 17.2 Å². The van der Waals surface area contributed by atoms with E-state index < -0.39 is 0 Å². The van der Waals surface area contributed by atoms with Crippen LogP contribution in [0.15, 0.2) is 36.9 Å². The van der Waals surface area contributed by atoms with Crippen molar-refractivity contribution in [2.24, 2.45) is 0 Å². The molecule has 1 aliphatic heterocycles. The van der Waals surface area contributed by atoms with E-state index in [9.17, 15) is 0 Å². The van der Waals surface area contributed by atoms with Gasteiger partial charge in [-0.1, -0.05) is 17.7 Å². The summed E-state index contributed by atoms with van der Waals surface area (Å²) in [4.78, 5) is 6.99. The van der Waals surface area contributed by atoms with Gasteiger partial charge in [-0.15, -0.1) is 0 Å². The molecule has 23 heavy (non-hydrogen) atoms. The molecule has 1 fully saturated rings. The fourth-order valence-corrected chi connectivity index (χ4v) is 3.48. The van der Waals surface area contributed by atoms with E-state index in [0.29, 0.717) is 11.1 Å². The minimum absolute atomic E-state index is 0.461. The molecule has 3 aromatic rings. The van der Waals surface area contributed by atoms with Crippen LogP contribution in [0.4, 0.5) is 0 Å². The highest BCUT2D eigenvalue weighted by molar-refractivity contribution is 6.30. The van der Waals surface area contributed by atoms with E-state index in [1.54, 1.807) is 6.20 Å². The summed E-state index contributed by atoms with van der Waals surface area (Å²) < 4.78 is 4.21. The number of nitrogens with zero attached hydrogens (tertiary/aromatic N) is 5. The summed E-state index contributed by atoms with van der Waals surface area (Å²) >= 11 is 5.97. The van der Waals surface area contributed by atoms with Gasteiger partial charge in [-0.3, -0.25) is 9.58 Å². The molecule has 0 saturated carbocycles. The number of piperidine rings is 1. The first-order valence-corrected chi connectivity index (χ1v) is 8.41. The first-order valence-electron chi connectivity index (χ1n) is 8.03. The predicted molar refractivity (Wildman–Crippen MR) is 90.7 cm³/mol. The number of fused-ring (bicyclic) bond motifs is 1. The quantitative estimate of drug-likeness (QED) is 0.739. The standard InChI is InChI=1S/C17H20ClN5/c1-13-2-3-17-19-9-16(22(17)10-13)12-21-6-4-15(5-7-21)23-11-14(18)8-20-23/h2-3,8-11,15H,4-7,12H2,1H3. The molecule has 1 saturated heterocycles. The van der Waals surface area contributed by atoms with Crippen molar-refractivity contribution in [1.82, 2.24) is 24.1 Å². The van der Waals surface area contributed by atoms with Gasteiger partial charge in [-0.25, -0.2) is 4.98 Å². The van der Waals surface area contributed by atoms with Crippen LogP contribution in [-0.2, 0) is 6.54 Å². The zero-order chi connectivity index (χ0) is 15.8. The fraction of sp³-hybridized carbons (Fsp3) is 0.412. The Morgan fingerprint density at radius 1 is 1.17 bits per heavy atom. The third kappa shape index (κ3) is 2.99. The molecule has 0 bridgehead atoms. The Labute approximate surface area is 140 Å². The van der Waals surface area contributed by atoms with Crippen molar-refractivity contribution in [3.63, 3.8) is 0 Å². The summed E-state index contributed by atoms with van der Waals surface area (Å²) in [5.74, 6) is 0. The van der Waals surface area contributed by atoms with Crippen LogP contribution in [0.1, 0.15) is 30.1 Å². The molecule has 0 N–H and O–H groups in total. The highest BCUT2D eigenvalue weighted by Gasteiger charge is 2.21. The Kier molecular flexibility index (Phi) is 3.83. The van der Waals surface area contributed by atoms with E-state index in [2.05, 4.69) is 44.6 Å². The normalized spacial score (nSPS) is 17.1. The Morgan fingerprint density at radius 2 is 2.00 bits per heavy atom. The Morgan fingerprint density at radius 3 is 2.74 bits per heavy atom. The molecule has 0 unspecified atom stereocenters. The van der Waals surface area contributed by atoms with E-state index in [1.165, 1.54) is 11.3 Å². The van der Waals surface area contributed by atoms with Crippen LogP contribution in [0.5, 0.6) is 0 Å². The third-order valence-electron chi connectivity index (χ3n) is 4.62.